The molecular weight excluding hydrogens is 222 g/mol. The maximum atomic E-state index is 10.7. The summed E-state index contributed by atoms with van der Waals surface area (Å²) in [5, 5.41) is 2.87. The Kier molecular flexibility index (Phi) is 8.86. The largest absolute Gasteiger partial charge is 0.477 e. The van der Waals surface area contributed by atoms with Crippen LogP contribution >= 0.6 is 0 Å². The van der Waals surface area contributed by atoms with Crippen molar-refractivity contribution in [2.75, 3.05) is 26.4 Å². The Labute approximate surface area is 104 Å². The molecule has 0 atom stereocenters. The van der Waals surface area contributed by atoms with Crippen molar-refractivity contribution >= 4 is 5.97 Å². The number of hydrogen-bond acceptors (Lipinski definition) is 5. The lowest BCUT2D eigenvalue weighted by atomic mass is 10.5. The number of esters is 1. The van der Waals surface area contributed by atoms with Gasteiger partial charge < -0.3 is 19.5 Å². The number of hydrogen-bond donors (Lipinski definition) is 1. The standard InChI is InChI=1S/C12H21NO4.H2/c1-5-12(14)17-7-6-13-11(4)16-9-8-15-10(2)3;/h5,10,13H,1,4,6-9H2,2-3H3;1H. The predicted molar refractivity (Wildman–Crippen MR) is 67.5 cm³/mol. The fourth-order valence-electron chi connectivity index (χ4n) is 0.901. The molecule has 0 aromatic carbocycles. The maximum absolute atomic E-state index is 10.7. The van der Waals surface area contributed by atoms with Crippen LogP contribution in [0.4, 0.5) is 0 Å². The first-order valence-electron chi connectivity index (χ1n) is 5.52. The fraction of sp³-hybridized carbons (Fsp3) is 0.583. The van der Waals surface area contributed by atoms with Gasteiger partial charge in [0.2, 0.25) is 0 Å². The first-order chi connectivity index (χ1) is 8.06. The summed E-state index contributed by atoms with van der Waals surface area (Å²) in [6.07, 6.45) is 1.31. The van der Waals surface area contributed by atoms with Crippen molar-refractivity contribution in [1.29, 1.82) is 0 Å². The van der Waals surface area contributed by atoms with Crippen LogP contribution in [-0.2, 0) is 19.0 Å². The Morgan fingerprint density at radius 1 is 1.35 bits per heavy atom. The number of carbonyl (C=O) groups is 1. The zero-order valence-corrected chi connectivity index (χ0v) is 10.5. The number of nitrogens with one attached hydrogen (secondary N) is 1. The molecule has 0 radical (unpaired) electrons. The maximum Gasteiger partial charge on any atom is 0.330 e. The highest BCUT2D eigenvalue weighted by atomic mass is 16.5. The van der Waals surface area contributed by atoms with E-state index in [1.54, 1.807) is 0 Å². The molecule has 100 valence electrons. The van der Waals surface area contributed by atoms with Gasteiger partial charge in [-0.05, 0) is 20.4 Å². The van der Waals surface area contributed by atoms with Gasteiger partial charge in [-0.3, -0.25) is 0 Å². The second-order valence-corrected chi connectivity index (χ2v) is 3.49. The van der Waals surface area contributed by atoms with Crippen molar-refractivity contribution in [3.05, 3.63) is 25.1 Å². The summed E-state index contributed by atoms with van der Waals surface area (Å²) in [5.74, 6) is -0.00401. The van der Waals surface area contributed by atoms with Gasteiger partial charge in [-0.2, -0.15) is 0 Å². The molecule has 0 saturated carbocycles. The molecule has 0 rings (SSSR count). The van der Waals surface area contributed by atoms with Crippen LogP contribution in [0.1, 0.15) is 15.3 Å². The van der Waals surface area contributed by atoms with E-state index in [1.165, 1.54) is 0 Å². The van der Waals surface area contributed by atoms with Crippen molar-refractivity contribution < 1.29 is 20.4 Å². The fourth-order valence-corrected chi connectivity index (χ4v) is 0.901. The average molecular weight is 245 g/mol. The second-order valence-electron chi connectivity index (χ2n) is 3.49. The summed E-state index contributed by atoms with van der Waals surface area (Å²) in [5.41, 5.74) is 0. The molecule has 0 saturated heterocycles. The first-order valence-corrected chi connectivity index (χ1v) is 5.52. The van der Waals surface area contributed by atoms with Gasteiger partial charge in [0.1, 0.15) is 13.2 Å². The predicted octanol–water partition coefficient (Wildman–Crippen LogP) is 1.46. The molecule has 5 nitrogen and oxygen atoms in total. The molecule has 0 aromatic rings. The van der Waals surface area contributed by atoms with Gasteiger partial charge in [0.15, 0.2) is 5.88 Å². The normalized spacial score (nSPS) is 9.82. The Balaban J connectivity index is 0. The molecule has 0 spiro atoms. The first kappa shape index (κ1) is 15.5. The molecule has 0 heterocycles. The van der Waals surface area contributed by atoms with E-state index in [-0.39, 0.29) is 14.1 Å². The third-order valence-corrected chi connectivity index (χ3v) is 1.65. The van der Waals surface area contributed by atoms with E-state index in [1.807, 2.05) is 13.8 Å². The monoisotopic (exact) mass is 245 g/mol. The van der Waals surface area contributed by atoms with Gasteiger partial charge in [0.25, 0.3) is 0 Å². The van der Waals surface area contributed by atoms with E-state index in [0.29, 0.717) is 25.6 Å². The molecule has 1 N–H and O–H groups in total. The quantitative estimate of drug-likeness (QED) is 0.273. The van der Waals surface area contributed by atoms with Crippen molar-refractivity contribution in [2.24, 2.45) is 0 Å². The summed E-state index contributed by atoms with van der Waals surface area (Å²) in [4.78, 5) is 10.7. The molecule has 17 heavy (non-hydrogen) atoms. The van der Waals surface area contributed by atoms with E-state index in [4.69, 9.17) is 14.2 Å². The molecule has 0 bridgehead atoms. The molecule has 0 amide bonds. The Morgan fingerprint density at radius 3 is 2.65 bits per heavy atom. The van der Waals surface area contributed by atoms with E-state index in [2.05, 4.69) is 18.5 Å². The molecule has 0 fully saturated rings. The van der Waals surface area contributed by atoms with Gasteiger partial charge in [0, 0.05) is 7.50 Å². The summed E-state index contributed by atoms with van der Waals surface area (Å²) < 4.78 is 15.3. The lowest BCUT2D eigenvalue weighted by Gasteiger charge is -2.12. The van der Waals surface area contributed by atoms with Gasteiger partial charge in [-0.1, -0.05) is 6.58 Å². The number of rotatable bonds is 10. The lowest BCUT2D eigenvalue weighted by molar-refractivity contribution is -0.137. The van der Waals surface area contributed by atoms with Crippen LogP contribution in [0.25, 0.3) is 0 Å². The topological polar surface area (TPSA) is 56.8 Å². The van der Waals surface area contributed by atoms with Crippen LogP contribution < -0.4 is 5.32 Å². The molecule has 0 aliphatic carbocycles. The summed E-state index contributed by atoms with van der Waals surface area (Å²) in [6.45, 7) is 12.5. The van der Waals surface area contributed by atoms with Crippen LogP contribution in [-0.4, -0.2) is 38.4 Å². The van der Waals surface area contributed by atoms with Crippen molar-refractivity contribution in [3.63, 3.8) is 0 Å². The van der Waals surface area contributed by atoms with Crippen LogP contribution in [0.2, 0.25) is 0 Å². The minimum atomic E-state index is -0.441. The van der Waals surface area contributed by atoms with Gasteiger partial charge in [-0.25, -0.2) is 4.79 Å². The van der Waals surface area contributed by atoms with E-state index in [9.17, 15) is 4.79 Å². The third-order valence-electron chi connectivity index (χ3n) is 1.65. The number of carbonyl (C=O) groups excluding carboxylic acids is 1. The third kappa shape index (κ3) is 10.8. The van der Waals surface area contributed by atoms with Crippen LogP contribution in [0, 0.1) is 0 Å². The smallest absolute Gasteiger partial charge is 0.330 e. The molecule has 0 unspecified atom stereocenters. The minimum absolute atomic E-state index is 0. The number of ether oxygens (including phenoxy) is 3. The highest BCUT2D eigenvalue weighted by Crippen LogP contribution is 1.91. The van der Waals surface area contributed by atoms with Crippen LogP contribution in [0.3, 0.4) is 0 Å². The highest BCUT2D eigenvalue weighted by molar-refractivity contribution is 5.81. The van der Waals surface area contributed by atoms with Crippen molar-refractivity contribution in [1.82, 2.24) is 5.32 Å². The van der Waals surface area contributed by atoms with Crippen molar-refractivity contribution in [3.8, 4) is 0 Å². The lowest BCUT2D eigenvalue weighted by Crippen LogP contribution is -2.22. The molecule has 5 heteroatoms. The van der Waals surface area contributed by atoms with Gasteiger partial charge in [-0.15, -0.1) is 0 Å². The summed E-state index contributed by atoms with van der Waals surface area (Å²) in [6, 6.07) is 0. The molecule has 0 aromatic heterocycles. The Bertz CT molecular complexity index is 256. The Hall–Kier alpha value is -1.49. The van der Waals surface area contributed by atoms with Crippen LogP contribution in [0.5, 0.6) is 0 Å². The van der Waals surface area contributed by atoms with E-state index < -0.39 is 5.97 Å². The van der Waals surface area contributed by atoms with Gasteiger partial charge >= 0.3 is 5.97 Å². The zero-order valence-electron chi connectivity index (χ0n) is 10.5. The zero-order chi connectivity index (χ0) is 13.1. The molecule has 0 aliphatic heterocycles. The Morgan fingerprint density at radius 2 is 2.06 bits per heavy atom. The minimum Gasteiger partial charge on any atom is -0.477 e. The molecule has 0 aliphatic rings. The van der Waals surface area contributed by atoms with E-state index >= 15 is 0 Å². The second kappa shape index (κ2) is 9.72. The summed E-state index contributed by atoms with van der Waals surface area (Å²) >= 11 is 0. The van der Waals surface area contributed by atoms with Gasteiger partial charge in [0.05, 0.1) is 19.3 Å². The SMILES string of the molecule is C=CC(=O)OCCNC(=C)OCCOC(C)C.[HH]. The van der Waals surface area contributed by atoms with Crippen molar-refractivity contribution in [2.45, 2.75) is 20.0 Å². The highest BCUT2D eigenvalue weighted by Gasteiger charge is 1.98. The summed E-state index contributed by atoms with van der Waals surface area (Å²) in [7, 11) is 0. The van der Waals surface area contributed by atoms with Crippen LogP contribution in [0.15, 0.2) is 25.1 Å². The van der Waals surface area contributed by atoms with E-state index in [0.717, 1.165) is 6.08 Å². The molecular formula is C12H23NO4. The average Bonchev–Trinajstić information content (AvgIpc) is 2.29.